The van der Waals surface area contributed by atoms with Gasteiger partial charge in [0.05, 0.1) is 18.6 Å². The Morgan fingerprint density at radius 2 is 1.88 bits per heavy atom. The maximum atomic E-state index is 12.8. The number of carbonyl (C=O) groups excluding carboxylic acids is 2. The van der Waals surface area contributed by atoms with Crippen molar-refractivity contribution in [3.05, 3.63) is 0 Å². The number of hydrogen-bond acceptors (Lipinski definition) is 4. The predicted molar refractivity (Wildman–Crippen MR) is 96.0 cm³/mol. The third-order valence-electron chi connectivity index (χ3n) is 6.21. The molecule has 1 saturated carbocycles. The zero-order valence-electron chi connectivity index (χ0n) is 15.3. The minimum absolute atomic E-state index is 0.0231. The molecule has 0 aromatic rings. The predicted octanol–water partition coefficient (Wildman–Crippen LogP) is 1.13. The highest BCUT2D eigenvalue weighted by Crippen LogP contribution is 2.39. The molecular weight excluding hydrogens is 318 g/mol. The van der Waals surface area contributed by atoms with E-state index in [1.807, 2.05) is 0 Å². The van der Waals surface area contributed by atoms with Gasteiger partial charge < -0.3 is 15.3 Å². The van der Waals surface area contributed by atoms with Gasteiger partial charge in [0.25, 0.3) is 0 Å². The Kier molecular flexibility index (Phi) is 6.34. The smallest absolute Gasteiger partial charge is 0.234 e. The molecule has 0 bridgehead atoms. The van der Waals surface area contributed by atoms with E-state index in [-0.39, 0.29) is 23.8 Å². The van der Waals surface area contributed by atoms with E-state index in [1.165, 1.54) is 25.7 Å². The molecule has 3 fully saturated rings. The number of rotatable bonds is 5. The molecule has 2 saturated heterocycles. The van der Waals surface area contributed by atoms with Gasteiger partial charge in [-0.25, -0.2) is 0 Å². The molecule has 2 amide bonds. The lowest BCUT2D eigenvalue weighted by Crippen LogP contribution is -2.51. The number of aliphatic hydroxyl groups is 1. The summed E-state index contributed by atoms with van der Waals surface area (Å²) in [6.07, 6.45) is 9.95. The van der Waals surface area contributed by atoms with Crippen molar-refractivity contribution in [1.29, 1.82) is 0 Å². The molecule has 6 nitrogen and oxygen atoms in total. The third kappa shape index (κ3) is 4.53. The van der Waals surface area contributed by atoms with Crippen molar-refractivity contribution in [1.82, 2.24) is 15.1 Å². The Morgan fingerprint density at radius 1 is 1.12 bits per heavy atom. The molecule has 2 heterocycles. The molecule has 1 aliphatic carbocycles. The first-order valence-electron chi connectivity index (χ1n) is 10.0. The zero-order chi connectivity index (χ0) is 17.7. The van der Waals surface area contributed by atoms with E-state index in [0.29, 0.717) is 25.7 Å². The number of piperidine rings is 1. The third-order valence-corrected chi connectivity index (χ3v) is 6.21. The fraction of sp³-hybridized carbons (Fsp3) is 0.895. The molecule has 6 heteroatoms. The van der Waals surface area contributed by atoms with Crippen molar-refractivity contribution in [2.75, 3.05) is 39.3 Å². The highest BCUT2D eigenvalue weighted by atomic mass is 16.3. The Bertz CT molecular complexity index is 475. The van der Waals surface area contributed by atoms with Crippen LogP contribution in [0, 0.1) is 5.41 Å². The number of β-amino-alcohol motifs (C(OH)–C–C–N with tert-alkyl or cyclic N) is 1. The number of amides is 2. The SMILES string of the molecule is O=C(CN1CC[C@@]2(CCCN(CCO)C2=O)C1)NC1CCCCCC1. The molecular formula is C19H33N3O3. The van der Waals surface area contributed by atoms with Crippen LogP contribution < -0.4 is 5.32 Å². The van der Waals surface area contributed by atoms with Crippen molar-refractivity contribution in [3.8, 4) is 0 Å². The lowest BCUT2D eigenvalue weighted by molar-refractivity contribution is -0.146. The summed E-state index contributed by atoms with van der Waals surface area (Å²) in [5.41, 5.74) is -0.323. The second kappa shape index (κ2) is 8.49. The van der Waals surface area contributed by atoms with Gasteiger partial charge in [-0.05, 0) is 38.6 Å². The quantitative estimate of drug-likeness (QED) is 0.729. The first-order valence-corrected chi connectivity index (χ1v) is 10.0. The minimum Gasteiger partial charge on any atom is -0.395 e. The van der Waals surface area contributed by atoms with Crippen LogP contribution in [0.25, 0.3) is 0 Å². The first-order chi connectivity index (χ1) is 12.1. The highest BCUT2D eigenvalue weighted by molar-refractivity contribution is 5.84. The van der Waals surface area contributed by atoms with Crippen LogP contribution in [0.3, 0.4) is 0 Å². The van der Waals surface area contributed by atoms with Crippen molar-refractivity contribution in [3.63, 3.8) is 0 Å². The van der Waals surface area contributed by atoms with E-state index >= 15 is 0 Å². The largest absolute Gasteiger partial charge is 0.395 e. The van der Waals surface area contributed by atoms with Crippen LogP contribution in [0.5, 0.6) is 0 Å². The van der Waals surface area contributed by atoms with Gasteiger partial charge in [0.2, 0.25) is 11.8 Å². The Labute approximate surface area is 150 Å². The standard InChI is InChI=1S/C19H33N3O3/c23-13-12-22-10-5-8-19(18(22)25)9-11-21(15-19)14-17(24)20-16-6-3-1-2-4-7-16/h16,23H,1-15H2,(H,20,24)/t19-/m0/s1. The lowest BCUT2D eigenvalue weighted by Gasteiger charge is -2.39. The zero-order valence-corrected chi connectivity index (χ0v) is 15.3. The van der Waals surface area contributed by atoms with E-state index in [9.17, 15) is 9.59 Å². The monoisotopic (exact) mass is 351 g/mol. The summed E-state index contributed by atoms with van der Waals surface area (Å²) >= 11 is 0. The first kappa shape index (κ1) is 18.6. The summed E-state index contributed by atoms with van der Waals surface area (Å²) in [6, 6.07) is 0.336. The van der Waals surface area contributed by atoms with Crippen LogP contribution in [0.15, 0.2) is 0 Å². The summed E-state index contributed by atoms with van der Waals surface area (Å²) in [4.78, 5) is 29.2. The van der Waals surface area contributed by atoms with Crippen LogP contribution in [-0.2, 0) is 9.59 Å². The van der Waals surface area contributed by atoms with Crippen LogP contribution in [0.4, 0.5) is 0 Å². The molecule has 1 atom stereocenters. The molecule has 1 spiro atoms. The molecule has 2 N–H and O–H groups in total. The van der Waals surface area contributed by atoms with Gasteiger partial charge in [-0.1, -0.05) is 25.7 Å². The minimum atomic E-state index is -0.323. The fourth-order valence-corrected chi connectivity index (χ4v) is 4.86. The van der Waals surface area contributed by atoms with Crippen molar-refractivity contribution < 1.29 is 14.7 Å². The summed E-state index contributed by atoms with van der Waals surface area (Å²) in [6.45, 7) is 3.12. The van der Waals surface area contributed by atoms with Gasteiger partial charge in [-0.15, -0.1) is 0 Å². The molecule has 0 aromatic carbocycles. The summed E-state index contributed by atoms with van der Waals surface area (Å²) in [5.74, 6) is 0.291. The van der Waals surface area contributed by atoms with Gasteiger partial charge in [-0.3, -0.25) is 14.5 Å². The van der Waals surface area contributed by atoms with E-state index in [4.69, 9.17) is 5.11 Å². The lowest BCUT2D eigenvalue weighted by atomic mass is 9.78. The van der Waals surface area contributed by atoms with E-state index in [0.717, 1.165) is 45.2 Å². The highest BCUT2D eigenvalue weighted by Gasteiger charge is 2.48. The number of aliphatic hydroxyl groups excluding tert-OH is 1. The second-order valence-corrected chi connectivity index (χ2v) is 8.12. The van der Waals surface area contributed by atoms with E-state index in [1.54, 1.807) is 4.90 Å². The Balaban J connectivity index is 1.50. The fourth-order valence-electron chi connectivity index (χ4n) is 4.86. The van der Waals surface area contributed by atoms with Gasteiger partial charge in [0.1, 0.15) is 0 Å². The van der Waals surface area contributed by atoms with Gasteiger partial charge >= 0.3 is 0 Å². The number of nitrogens with one attached hydrogen (secondary N) is 1. The number of carbonyl (C=O) groups is 2. The molecule has 142 valence electrons. The number of nitrogens with zero attached hydrogens (tertiary/aromatic N) is 2. The van der Waals surface area contributed by atoms with E-state index in [2.05, 4.69) is 10.2 Å². The van der Waals surface area contributed by atoms with Gasteiger partial charge in [-0.2, -0.15) is 0 Å². The van der Waals surface area contributed by atoms with Crippen LogP contribution in [0.2, 0.25) is 0 Å². The van der Waals surface area contributed by atoms with Gasteiger partial charge in [0.15, 0.2) is 0 Å². The Hall–Kier alpha value is -1.14. The maximum Gasteiger partial charge on any atom is 0.234 e. The second-order valence-electron chi connectivity index (χ2n) is 8.12. The molecule has 0 unspecified atom stereocenters. The van der Waals surface area contributed by atoms with Crippen molar-refractivity contribution in [2.24, 2.45) is 5.41 Å². The Morgan fingerprint density at radius 3 is 2.60 bits per heavy atom. The summed E-state index contributed by atoms with van der Waals surface area (Å²) in [7, 11) is 0. The average molecular weight is 351 g/mol. The topological polar surface area (TPSA) is 72.9 Å². The molecule has 3 rings (SSSR count). The van der Waals surface area contributed by atoms with E-state index < -0.39 is 0 Å². The van der Waals surface area contributed by atoms with Crippen molar-refractivity contribution >= 4 is 11.8 Å². The van der Waals surface area contributed by atoms with Crippen molar-refractivity contribution in [2.45, 2.75) is 63.8 Å². The molecule has 0 radical (unpaired) electrons. The average Bonchev–Trinajstić information content (AvgIpc) is 2.80. The molecule has 25 heavy (non-hydrogen) atoms. The molecule has 3 aliphatic rings. The number of hydrogen-bond donors (Lipinski definition) is 2. The van der Waals surface area contributed by atoms with Crippen LogP contribution in [-0.4, -0.2) is 72.1 Å². The molecule has 2 aliphatic heterocycles. The van der Waals surface area contributed by atoms with Gasteiger partial charge in [0, 0.05) is 25.7 Å². The molecule has 0 aromatic heterocycles. The normalized spacial score (nSPS) is 29.2. The summed E-state index contributed by atoms with van der Waals surface area (Å²) < 4.78 is 0. The number of likely N-dealkylation sites (tertiary alicyclic amines) is 2. The van der Waals surface area contributed by atoms with Crippen LogP contribution >= 0.6 is 0 Å². The summed E-state index contributed by atoms with van der Waals surface area (Å²) in [5, 5.41) is 12.4. The van der Waals surface area contributed by atoms with Crippen LogP contribution in [0.1, 0.15) is 57.8 Å². The maximum absolute atomic E-state index is 12.8.